The van der Waals surface area contributed by atoms with Gasteiger partial charge in [0, 0.05) is 33.9 Å². The Labute approximate surface area is 124 Å². The third kappa shape index (κ3) is 6.39. The molecule has 118 valence electrons. The first-order valence-corrected chi connectivity index (χ1v) is 8.59. The molecule has 21 heavy (non-hydrogen) atoms. The molecule has 9 heteroatoms. The maximum Gasteiger partial charge on any atom is 0.705 e. The minimum atomic E-state index is -3.68. The van der Waals surface area contributed by atoms with E-state index in [1.165, 1.54) is 20.8 Å². The fourth-order valence-electron chi connectivity index (χ4n) is 1.96. The Balaban J connectivity index is 2.70. The number of nitrogens with zero attached hydrogens (tertiary/aromatic N) is 2. The van der Waals surface area contributed by atoms with E-state index in [0.29, 0.717) is 13.0 Å². The average molecular weight is 316 g/mol. The molecular weight excluding hydrogens is 296 g/mol. The van der Waals surface area contributed by atoms with Crippen LogP contribution in [0.15, 0.2) is 4.99 Å². The first kappa shape index (κ1) is 17.1. The van der Waals surface area contributed by atoms with E-state index in [1.54, 1.807) is 6.34 Å². The summed E-state index contributed by atoms with van der Waals surface area (Å²) in [6, 6.07) is 0.191. The Morgan fingerprint density at radius 2 is 1.62 bits per heavy atom. The van der Waals surface area contributed by atoms with E-state index in [9.17, 15) is 14.4 Å². The van der Waals surface area contributed by atoms with E-state index >= 15 is 0 Å². The number of carbonyl (C=O) groups excluding carboxylic acids is 3. The Kier molecular flexibility index (Phi) is 6.34. The lowest BCUT2D eigenvalue weighted by Gasteiger charge is -2.26. The molecule has 0 aromatic heterocycles. The fraction of sp³-hybridized carbons (Fsp3) is 0.667. The van der Waals surface area contributed by atoms with Crippen molar-refractivity contribution < 1.29 is 27.7 Å². The Morgan fingerprint density at radius 1 is 1.10 bits per heavy atom. The van der Waals surface area contributed by atoms with Gasteiger partial charge in [-0.3, -0.25) is 19.4 Å². The van der Waals surface area contributed by atoms with Crippen LogP contribution in [-0.4, -0.2) is 57.6 Å². The summed E-state index contributed by atoms with van der Waals surface area (Å²) in [6.07, 6.45) is 2.29. The SMILES string of the molecule is CC(=O)O[Si](CCCN1C=NCC1)(OC(C)=O)OC(C)=O. The molecular formula is C12H20N2O6Si. The first-order chi connectivity index (χ1) is 9.83. The summed E-state index contributed by atoms with van der Waals surface area (Å²) >= 11 is 0. The van der Waals surface area contributed by atoms with Crippen LogP contribution in [0.2, 0.25) is 6.04 Å². The molecule has 0 spiro atoms. The second-order valence-electron chi connectivity index (χ2n) is 4.63. The van der Waals surface area contributed by atoms with Crippen molar-refractivity contribution in [2.45, 2.75) is 33.2 Å². The highest BCUT2D eigenvalue weighted by atomic mass is 28.4. The van der Waals surface area contributed by atoms with Gasteiger partial charge in [-0.25, -0.2) is 0 Å². The smallest absolute Gasteiger partial charge is 0.455 e. The van der Waals surface area contributed by atoms with Crippen molar-refractivity contribution in [2.24, 2.45) is 4.99 Å². The molecule has 0 radical (unpaired) electrons. The number of hydrogen-bond acceptors (Lipinski definition) is 8. The molecule has 0 aromatic rings. The zero-order valence-corrected chi connectivity index (χ0v) is 13.5. The lowest BCUT2D eigenvalue weighted by atomic mass is 10.4. The molecule has 0 amide bonds. The summed E-state index contributed by atoms with van der Waals surface area (Å²) in [5.74, 6) is -1.94. The molecule has 1 rings (SSSR count). The molecule has 0 N–H and O–H groups in total. The lowest BCUT2D eigenvalue weighted by molar-refractivity contribution is -0.147. The first-order valence-electron chi connectivity index (χ1n) is 6.66. The predicted octanol–water partition coefficient (Wildman–Crippen LogP) is 0.349. The topological polar surface area (TPSA) is 94.5 Å². The van der Waals surface area contributed by atoms with Crippen LogP contribution >= 0.6 is 0 Å². The van der Waals surface area contributed by atoms with Crippen molar-refractivity contribution in [3.8, 4) is 0 Å². The second-order valence-corrected chi connectivity index (χ2v) is 7.10. The van der Waals surface area contributed by atoms with Gasteiger partial charge < -0.3 is 18.2 Å². The van der Waals surface area contributed by atoms with Crippen molar-refractivity contribution in [1.29, 1.82) is 0 Å². The third-order valence-electron chi connectivity index (χ3n) is 2.59. The maximum absolute atomic E-state index is 11.2. The van der Waals surface area contributed by atoms with Crippen LogP contribution in [0.4, 0.5) is 0 Å². The largest absolute Gasteiger partial charge is 0.705 e. The minimum absolute atomic E-state index is 0.191. The molecule has 0 bridgehead atoms. The van der Waals surface area contributed by atoms with Gasteiger partial charge in [0.05, 0.1) is 18.9 Å². The normalized spacial score (nSPS) is 14.0. The van der Waals surface area contributed by atoms with Crippen LogP contribution in [0.3, 0.4) is 0 Å². The number of hydrogen-bond donors (Lipinski definition) is 0. The molecule has 1 aliphatic rings. The summed E-state index contributed by atoms with van der Waals surface area (Å²) in [4.78, 5) is 39.8. The van der Waals surface area contributed by atoms with E-state index in [0.717, 1.165) is 13.1 Å². The Hall–Kier alpha value is -1.90. The summed E-state index contributed by atoms with van der Waals surface area (Å²) in [5, 5.41) is 0. The summed E-state index contributed by atoms with van der Waals surface area (Å²) in [5.41, 5.74) is 0. The van der Waals surface area contributed by atoms with Gasteiger partial charge in [-0.1, -0.05) is 0 Å². The zero-order chi connectivity index (χ0) is 15.9. The van der Waals surface area contributed by atoms with Gasteiger partial charge in [0.1, 0.15) is 0 Å². The monoisotopic (exact) mass is 316 g/mol. The summed E-state index contributed by atoms with van der Waals surface area (Å²) in [6.45, 7) is 5.78. The van der Waals surface area contributed by atoms with Crippen LogP contribution in [0.25, 0.3) is 0 Å². The third-order valence-corrected chi connectivity index (χ3v) is 5.35. The summed E-state index contributed by atoms with van der Waals surface area (Å²) < 4.78 is 15.3. The highest BCUT2D eigenvalue weighted by molar-refractivity contribution is 6.65. The van der Waals surface area contributed by atoms with Crippen LogP contribution < -0.4 is 0 Å². The van der Waals surface area contributed by atoms with Crippen molar-refractivity contribution in [2.75, 3.05) is 19.6 Å². The molecule has 0 aliphatic carbocycles. The van der Waals surface area contributed by atoms with Crippen molar-refractivity contribution in [1.82, 2.24) is 4.90 Å². The van der Waals surface area contributed by atoms with Gasteiger partial charge in [0.25, 0.3) is 17.9 Å². The standard InChI is InChI=1S/C12H20N2O6Si/c1-10(15)18-21(19-11(2)16,20-12(3)17)8-4-6-14-7-5-13-9-14/h9H,4-8H2,1-3H3. The Bertz CT molecular complexity index is 399. The molecule has 0 saturated heterocycles. The van der Waals surface area contributed by atoms with Crippen molar-refractivity contribution >= 4 is 33.1 Å². The highest BCUT2D eigenvalue weighted by Gasteiger charge is 2.51. The molecule has 1 heterocycles. The highest BCUT2D eigenvalue weighted by Crippen LogP contribution is 2.19. The number of aliphatic imine (C=N–C) groups is 1. The average Bonchev–Trinajstić information content (AvgIpc) is 2.78. The van der Waals surface area contributed by atoms with Gasteiger partial charge in [-0.15, -0.1) is 0 Å². The molecule has 0 unspecified atom stereocenters. The second kappa shape index (κ2) is 7.77. The molecule has 8 nitrogen and oxygen atoms in total. The molecule has 1 aliphatic heterocycles. The van der Waals surface area contributed by atoms with E-state index in [1.807, 2.05) is 4.90 Å². The maximum atomic E-state index is 11.2. The van der Waals surface area contributed by atoms with Gasteiger partial charge >= 0.3 is 8.80 Å². The summed E-state index contributed by atoms with van der Waals surface area (Å²) in [7, 11) is -3.68. The van der Waals surface area contributed by atoms with E-state index in [4.69, 9.17) is 13.3 Å². The Morgan fingerprint density at radius 3 is 2.00 bits per heavy atom. The number of rotatable bonds is 7. The molecule has 0 saturated carbocycles. The van der Waals surface area contributed by atoms with Gasteiger partial charge in [-0.05, 0) is 6.42 Å². The fourth-order valence-corrected chi connectivity index (χ4v) is 4.29. The molecule has 0 aromatic carbocycles. The van der Waals surface area contributed by atoms with E-state index < -0.39 is 26.7 Å². The van der Waals surface area contributed by atoms with Crippen LogP contribution in [0.1, 0.15) is 27.2 Å². The zero-order valence-electron chi connectivity index (χ0n) is 12.5. The molecule has 0 fully saturated rings. The number of carbonyl (C=O) groups is 3. The quantitative estimate of drug-likeness (QED) is 0.625. The van der Waals surface area contributed by atoms with Crippen LogP contribution in [0.5, 0.6) is 0 Å². The predicted molar refractivity (Wildman–Crippen MR) is 75.4 cm³/mol. The van der Waals surface area contributed by atoms with Gasteiger partial charge in [0.15, 0.2) is 0 Å². The van der Waals surface area contributed by atoms with Gasteiger partial charge in [-0.2, -0.15) is 0 Å². The van der Waals surface area contributed by atoms with Crippen LogP contribution in [0, 0.1) is 0 Å². The van der Waals surface area contributed by atoms with Crippen LogP contribution in [-0.2, 0) is 27.7 Å². The molecule has 0 atom stereocenters. The van der Waals surface area contributed by atoms with Crippen molar-refractivity contribution in [3.63, 3.8) is 0 Å². The van der Waals surface area contributed by atoms with Gasteiger partial charge in [0.2, 0.25) is 0 Å². The van der Waals surface area contributed by atoms with Crippen molar-refractivity contribution in [3.05, 3.63) is 0 Å². The van der Waals surface area contributed by atoms with E-state index in [-0.39, 0.29) is 6.04 Å². The van der Waals surface area contributed by atoms with E-state index in [2.05, 4.69) is 4.99 Å². The minimum Gasteiger partial charge on any atom is -0.455 e. The lowest BCUT2D eigenvalue weighted by Crippen LogP contribution is -2.49.